The van der Waals surface area contributed by atoms with E-state index in [-0.39, 0.29) is 0 Å². The molecule has 0 radical (unpaired) electrons. The molecule has 3 aromatic rings. The highest BCUT2D eigenvalue weighted by Crippen LogP contribution is 2.45. The Kier molecular flexibility index (Phi) is 6.91. The van der Waals surface area contributed by atoms with Crippen LogP contribution in [-0.4, -0.2) is 14.2 Å². The smallest absolute Gasteiger partial charge is 0.122 e. The lowest BCUT2D eigenvalue weighted by molar-refractivity contribution is 0.411. The van der Waals surface area contributed by atoms with Gasteiger partial charge >= 0.3 is 0 Å². The molecule has 3 heteroatoms. The fourth-order valence-corrected chi connectivity index (χ4v) is 4.78. The molecule has 3 aromatic carbocycles. The van der Waals surface area contributed by atoms with E-state index in [0.29, 0.717) is 0 Å². The standard InChI is InChI=1S/C24H23O2P/c1-25-23-14-8-6-12-21(23)18-27(17-16-20-10-4-3-5-11-20)19-22-13-7-9-15-24(22)26-2/h3-15H,18-19H2,1-2H3. The number of methoxy groups -OCH3 is 2. The van der Waals surface area contributed by atoms with Gasteiger partial charge in [-0.05, 0) is 43.3 Å². The molecule has 0 aliphatic heterocycles. The molecule has 0 aliphatic rings. The zero-order valence-electron chi connectivity index (χ0n) is 15.7. The Morgan fingerprint density at radius 3 is 1.67 bits per heavy atom. The summed E-state index contributed by atoms with van der Waals surface area (Å²) < 4.78 is 11.1. The van der Waals surface area contributed by atoms with E-state index in [1.165, 1.54) is 11.1 Å². The van der Waals surface area contributed by atoms with E-state index < -0.39 is 7.92 Å². The first kappa shape index (κ1) is 19.0. The number of para-hydroxylation sites is 2. The van der Waals surface area contributed by atoms with Crippen LogP contribution in [0.15, 0.2) is 78.9 Å². The van der Waals surface area contributed by atoms with Gasteiger partial charge in [0.2, 0.25) is 0 Å². The highest BCUT2D eigenvalue weighted by Gasteiger charge is 2.13. The summed E-state index contributed by atoms with van der Waals surface area (Å²) in [6.07, 6.45) is 1.77. The summed E-state index contributed by atoms with van der Waals surface area (Å²) in [4.78, 5) is 0. The molecule has 0 N–H and O–H groups in total. The van der Waals surface area contributed by atoms with Crippen LogP contribution in [0.3, 0.4) is 0 Å². The third-order valence-corrected chi connectivity index (χ3v) is 6.11. The summed E-state index contributed by atoms with van der Waals surface area (Å²) in [5.41, 5.74) is 6.98. The molecule has 0 amide bonds. The largest absolute Gasteiger partial charge is 0.496 e. The van der Waals surface area contributed by atoms with E-state index in [1.807, 2.05) is 54.6 Å². The van der Waals surface area contributed by atoms with Crippen molar-refractivity contribution < 1.29 is 9.47 Å². The number of ether oxygens (including phenoxy) is 2. The zero-order chi connectivity index (χ0) is 18.9. The van der Waals surface area contributed by atoms with Crippen LogP contribution >= 0.6 is 7.92 Å². The Bertz CT molecular complexity index is 876. The average Bonchev–Trinajstić information content (AvgIpc) is 2.73. The summed E-state index contributed by atoms with van der Waals surface area (Å²) in [5.74, 6) is 5.20. The molecule has 2 nitrogen and oxygen atoms in total. The molecule has 0 unspecified atom stereocenters. The number of hydrogen-bond donors (Lipinski definition) is 0. The van der Waals surface area contributed by atoms with Crippen molar-refractivity contribution in [3.63, 3.8) is 0 Å². The Morgan fingerprint density at radius 2 is 1.15 bits per heavy atom. The summed E-state index contributed by atoms with van der Waals surface area (Å²) in [6, 6.07) is 26.5. The molecule has 27 heavy (non-hydrogen) atoms. The fourth-order valence-electron chi connectivity index (χ4n) is 2.88. The molecule has 3 rings (SSSR count). The van der Waals surface area contributed by atoms with Gasteiger partial charge in [0.15, 0.2) is 0 Å². The van der Waals surface area contributed by atoms with E-state index in [4.69, 9.17) is 9.47 Å². The van der Waals surface area contributed by atoms with Crippen molar-refractivity contribution in [1.29, 1.82) is 0 Å². The van der Waals surface area contributed by atoms with Crippen molar-refractivity contribution in [1.82, 2.24) is 0 Å². The van der Waals surface area contributed by atoms with Gasteiger partial charge < -0.3 is 9.47 Å². The van der Waals surface area contributed by atoms with Crippen molar-refractivity contribution in [2.24, 2.45) is 0 Å². The molecule has 0 saturated heterocycles. The second kappa shape index (κ2) is 9.81. The number of benzene rings is 3. The Labute approximate surface area is 162 Å². The second-order valence-electron chi connectivity index (χ2n) is 6.08. The van der Waals surface area contributed by atoms with Crippen molar-refractivity contribution >= 4 is 7.92 Å². The Morgan fingerprint density at radius 1 is 0.667 bits per heavy atom. The Hall–Kier alpha value is -2.75. The minimum atomic E-state index is -0.602. The molecular formula is C24H23O2P. The normalized spacial score (nSPS) is 10.2. The lowest BCUT2D eigenvalue weighted by Crippen LogP contribution is -1.95. The van der Waals surface area contributed by atoms with Crippen molar-refractivity contribution in [3.8, 4) is 23.1 Å². The van der Waals surface area contributed by atoms with Crippen LogP contribution in [-0.2, 0) is 12.3 Å². The Balaban J connectivity index is 1.90. The van der Waals surface area contributed by atoms with Gasteiger partial charge in [-0.25, -0.2) is 0 Å². The maximum atomic E-state index is 5.54. The molecular weight excluding hydrogens is 351 g/mol. The summed E-state index contributed by atoms with van der Waals surface area (Å²) in [6.45, 7) is 0. The van der Waals surface area contributed by atoms with Crippen LogP contribution < -0.4 is 9.47 Å². The van der Waals surface area contributed by atoms with Crippen LogP contribution in [0.4, 0.5) is 0 Å². The van der Waals surface area contributed by atoms with Crippen molar-refractivity contribution in [3.05, 3.63) is 95.6 Å². The van der Waals surface area contributed by atoms with E-state index in [9.17, 15) is 0 Å². The van der Waals surface area contributed by atoms with E-state index in [2.05, 4.69) is 35.8 Å². The van der Waals surface area contributed by atoms with Crippen LogP contribution in [0.2, 0.25) is 0 Å². The maximum absolute atomic E-state index is 5.54. The van der Waals surface area contributed by atoms with Gasteiger partial charge in [0, 0.05) is 17.9 Å². The average molecular weight is 374 g/mol. The molecule has 0 atom stereocenters. The number of hydrogen-bond acceptors (Lipinski definition) is 2. The highest BCUT2D eigenvalue weighted by atomic mass is 31.1. The molecule has 0 fully saturated rings. The van der Waals surface area contributed by atoms with Crippen LogP contribution in [0.5, 0.6) is 11.5 Å². The third kappa shape index (κ3) is 5.36. The van der Waals surface area contributed by atoms with Gasteiger partial charge in [0.1, 0.15) is 11.5 Å². The molecule has 0 bridgehead atoms. The van der Waals surface area contributed by atoms with Gasteiger partial charge in [-0.15, -0.1) is 0 Å². The lowest BCUT2D eigenvalue weighted by atomic mass is 10.2. The van der Waals surface area contributed by atoms with Crippen molar-refractivity contribution in [2.45, 2.75) is 12.3 Å². The summed E-state index contributed by atoms with van der Waals surface area (Å²) in [7, 11) is 2.84. The van der Waals surface area contributed by atoms with Crippen LogP contribution in [0.25, 0.3) is 0 Å². The molecule has 0 aliphatic carbocycles. The molecule has 136 valence electrons. The first-order valence-electron chi connectivity index (χ1n) is 8.85. The lowest BCUT2D eigenvalue weighted by Gasteiger charge is -2.16. The van der Waals surface area contributed by atoms with Crippen LogP contribution in [0.1, 0.15) is 16.7 Å². The molecule has 0 aromatic heterocycles. The van der Waals surface area contributed by atoms with Gasteiger partial charge in [-0.3, -0.25) is 0 Å². The number of rotatable bonds is 6. The van der Waals surface area contributed by atoms with Crippen LogP contribution in [0, 0.1) is 11.6 Å². The van der Waals surface area contributed by atoms with Gasteiger partial charge in [0.05, 0.1) is 14.2 Å². The maximum Gasteiger partial charge on any atom is 0.122 e. The molecule has 0 heterocycles. The van der Waals surface area contributed by atoms with E-state index >= 15 is 0 Å². The predicted molar refractivity (Wildman–Crippen MR) is 114 cm³/mol. The topological polar surface area (TPSA) is 18.5 Å². The second-order valence-corrected chi connectivity index (χ2v) is 8.02. The first-order chi connectivity index (χ1) is 13.3. The highest BCUT2D eigenvalue weighted by molar-refractivity contribution is 7.61. The minimum Gasteiger partial charge on any atom is -0.496 e. The van der Waals surface area contributed by atoms with E-state index in [1.54, 1.807) is 14.2 Å². The van der Waals surface area contributed by atoms with Gasteiger partial charge in [0.25, 0.3) is 0 Å². The monoisotopic (exact) mass is 374 g/mol. The van der Waals surface area contributed by atoms with Gasteiger partial charge in [-0.2, -0.15) is 0 Å². The van der Waals surface area contributed by atoms with E-state index in [0.717, 1.165) is 29.4 Å². The third-order valence-electron chi connectivity index (χ3n) is 4.24. The molecule has 0 spiro atoms. The minimum absolute atomic E-state index is 0.602. The van der Waals surface area contributed by atoms with Gasteiger partial charge in [-0.1, -0.05) is 66.2 Å². The summed E-state index contributed by atoms with van der Waals surface area (Å²) >= 11 is 0. The zero-order valence-corrected chi connectivity index (χ0v) is 16.6. The first-order valence-corrected chi connectivity index (χ1v) is 10.6. The fraction of sp³-hybridized carbons (Fsp3) is 0.167. The molecule has 0 saturated carbocycles. The van der Waals surface area contributed by atoms with Crippen molar-refractivity contribution in [2.75, 3.05) is 14.2 Å². The summed E-state index contributed by atoms with van der Waals surface area (Å²) in [5, 5.41) is 0. The predicted octanol–water partition coefficient (Wildman–Crippen LogP) is 5.90. The SMILES string of the molecule is COc1ccccc1CP(C#Cc1ccccc1)Cc1ccccc1OC. The quantitative estimate of drug-likeness (QED) is 0.395.